The van der Waals surface area contributed by atoms with Crippen LogP contribution in [0.15, 0.2) is 141 Å². The largest absolute Gasteiger partial charge is 0.496 e. The summed E-state index contributed by atoms with van der Waals surface area (Å²) in [5.74, 6) is 2.36. The number of rotatable bonds is 12. The molecule has 0 aliphatic heterocycles. The lowest BCUT2D eigenvalue weighted by atomic mass is 9.80. The molecular formula is C47H48BBr3F2O9. The first kappa shape index (κ1) is 53.3. The predicted octanol–water partition coefficient (Wildman–Crippen LogP) is 9.90. The Labute approximate surface area is 387 Å². The maximum absolute atomic E-state index is 12.9. The molecular weight excluding hydrogens is 997 g/mol. The fourth-order valence-corrected chi connectivity index (χ4v) is 6.23. The Morgan fingerprint density at radius 3 is 1.37 bits per heavy atom. The van der Waals surface area contributed by atoms with E-state index >= 15 is 0 Å². The van der Waals surface area contributed by atoms with Gasteiger partial charge in [0.1, 0.15) is 34.6 Å². The highest BCUT2D eigenvalue weighted by Crippen LogP contribution is 2.28. The maximum atomic E-state index is 12.9. The summed E-state index contributed by atoms with van der Waals surface area (Å²) in [4.78, 5) is 10.4. The van der Waals surface area contributed by atoms with Crippen LogP contribution in [0.4, 0.5) is 8.78 Å². The van der Waals surface area contributed by atoms with Crippen LogP contribution in [0.1, 0.15) is 27.0 Å². The minimum Gasteiger partial charge on any atom is -0.496 e. The average molecular weight is 1050 g/mol. The van der Waals surface area contributed by atoms with Crippen molar-refractivity contribution >= 4 is 72.7 Å². The zero-order chi connectivity index (χ0) is 46.0. The van der Waals surface area contributed by atoms with Crippen LogP contribution in [0.3, 0.4) is 0 Å². The molecule has 0 unspecified atom stereocenters. The monoisotopic (exact) mass is 1040 g/mol. The second-order valence-electron chi connectivity index (χ2n) is 12.5. The van der Waals surface area contributed by atoms with Gasteiger partial charge in [0, 0.05) is 32.2 Å². The van der Waals surface area contributed by atoms with Crippen molar-refractivity contribution in [1.82, 2.24) is 0 Å². The first-order valence-corrected chi connectivity index (χ1v) is 21.0. The molecule has 0 spiro atoms. The third-order valence-electron chi connectivity index (χ3n) is 8.38. The second kappa shape index (κ2) is 29.4. The molecule has 0 aromatic heterocycles. The Balaban J connectivity index is 0.000000272. The number of carbonyl (C=O) groups is 1. The minimum absolute atomic E-state index is 0.0895. The van der Waals surface area contributed by atoms with Crippen molar-refractivity contribution in [3.05, 3.63) is 175 Å². The lowest BCUT2D eigenvalue weighted by molar-refractivity contribution is 0.112. The molecule has 0 aliphatic rings. The smallest absolute Gasteiger partial charge is 0.488 e. The van der Waals surface area contributed by atoms with Gasteiger partial charge in [-0.25, -0.2) is 8.78 Å². The van der Waals surface area contributed by atoms with Crippen molar-refractivity contribution in [3.63, 3.8) is 0 Å². The molecule has 0 radical (unpaired) electrons. The summed E-state index contributed by atoms with van der Waals surface area (Å²) in [5.41, 5.74) is 5.76. The van der Waals surface area contributed by atoms with Crippen LogP contribution in [0.2, 0.25) is 0 Å². The van der Waals surface area contributed by atoms with Gasteiger partial charge in [-0.05, 0) is 113 Å². The summed E-state index contributed by atoms with van der Waals surface area (Å²) in [5, 5.41) is 34.8. The van der Waals surface area contributed by atoms with Crippen LogP contribution >= 0.6 is 47.8 Å². The van der Waals surface area contributed by atoms with Crippen LogP contribution in [-0.4, -0.2) is 75.3 Å². The molecule has 6 rings (SSSR count). The second-order valence-corrected chi connectivity index (χ2v) is 15.2. The topological polar surface area (TPSA) is 135 Å². The van der Waals surface area contributed by atoms with Gasteiger partial charge in [0.15, 0.2) is 6.29 Å². The number of carbonyl (C=O) groups excluding carboxylic acids is 1. The van der Waals surface area contributed by atoms with Crippen LogP contribution in [0.25, 0.3) is 17.2 Å². The summed E-state index contributed by atoms with van der Waals surface area (Å²) in [6, 6.07) is 33.9. The molecule has 4 N–H and O–H groups in total. The van der Waals surface area contributed by atoms with E-state index in [1.165, 1.54) is 43.5 Å². The fourth-order valence-electron chi connectivity index (χ4n) is 5.21. The Bertz CT molecular complexity index is 2210. The van der Waals surface area contributed by atoms with E-state index in [0.717, 1.165) is 64.8 Å². The molecule has 0 amide bonds. The lowest BCUT2D eigenvalue weighted by Crippen LogP contribution is -2.29. The zero-order valence-corrected chi connectivity index (χ0v) is 39.3. The highest BCUT2D eigenvalue weighted by molar-refractivity contribution is 9.11. The molecule has 0 fully saturated rings. The van der Waals surface area contributed by atoms with Gasteiger partial charge in [0.2, 0.25) is 0 Å². The molecule has 0 saturated carbocycles. The number of ether oxygens (including phenoxy) is 4. The fraction of sp³-hybridized carbons (Fsp3) is 0.170. The number of aldehydes is 1. The Kier molecular flexibility index (Phi) is 25.3. The molecule has 6 aromatic rings. The van der Waals surface area contributed by atoms with Gasteiger partial charge >= 0.3 is 7.12 Å². The van der Waals surface area contributed by atoms with Crippen molar-refractivity contribution in [2.75, 3.05) is 41.7 Å². The number of aliphatic hydroxyl groups excluding tert-OH is 2. The van der Waals surface area contributed by atoms with Gasteiger partial charge in [0.05, 0.1) is 34.0 Å². The third kappa shape index (κ3) is 18.6. The van der Waals surface area contributed by atoms with Crippen LogP contribution in [-0.2, 0) is 12.8 Å². The van der Waals surface area contributed by atoms with E-state index in [0.29, 0.717) is 29.6 Å². The zero-order valence-electron chi connectivity index (χ0n) is 34.5. The Morgan fingerprint density at radius 2 is 0.935 bits per heavy atom. The van der Waals surface area contributed by atoms with Crippen molar-refractivity contribution in [2.24, 2.45) is 0 Å². The first-order chi connectivity index (χ1) is 29.8. The molecule has 15 heteroatoms. The maximum Gasteiger partial charge on any atom is 0.488 e. The molecule has 328 valence electrons. The highest BCUT2D eigenvalue weighted by Gasteiger charge is 2.09. The molecule has 9 nitrogen and oxygen atoms in total. The minimum atomic E-state index is -1.51. The van der Waals surface area contributed by atoms with Crippen LogP contribution < -0.4 is 24.4 Å². The number of aliphatic hydroxyl groups is 2. The van der Waals surface area contributed by atoms with E-state index in [9.17, 15) is 13.6 Å². The quantitative estimate of drug-likeness (QED) is 0.0698. The van der Waals surface area contributed by atoms with Crippen LogP contribution in [0.5, 0.6) is 23.0 Å². The van der Waals surface area contributed by atoms with E-state index in [1.54, 1.807) is 57.7 Å². The molecule has 0 heterocycles. The number of hydrogen-bond acceptors (Lipinski definition) is 9. The van der Waals surface area contributed by atoms with Gasteiger partial charge in [-0.3, -0.25) is 4.79 Å². The first-order valence-electron chi connectivity index (χ1n) is 18.6. The molecule has 0 atom stereocenters. The van der Waals surface area contributed by atoms with Crippen molar-refractivity contribution in [2.45, 2.75) is 12.8 Å². The summed E-state index contributed by atoms with van der Waals surface area (Å²) in [6.07, 6.45) is 3.74. The standard InChI is InChI=1S/C15H15FO2.C9H11BrO2.C9H9BrO.C8H7BrO2.C6H6BFO2/c1-18-15-10-13(3-2-12(15)8-9-17)11-4-6-14(16)7-5-11;1-12-9-6-8(10)3-2-7(9)4-5-11;1-3-7-4-5-8(10)6-9(7)11-2;1-11-8-4-7(9)3-2-6(8)5-10;8-6-3-1-5(2-4-6)7(9)10/h2-7,10,17H,8-9H2,1H3;2-3,6,11H,4-5H2,1H3;3-6H,1H2,2H3;2-5H,1H3;1-4,9-10H. The number of halogens is 5. The molecule has 0 saturated heterocycles. The van der Waals surface area contributed by atoms with E-state index < -0.39 is 7.12 Å². The van der Waals surface area contributed by atoms with Crippen molar-refractivity contribution in [3.8, 4) is 34.1 Å². The van der Waals surface area contributed by atoms with Crippen molar-refractivity contribution in [1.29, 1.82) is 0 Å². The van der Waals surface area contributed by atoms with Crippen molar-refractivity contribution < 1.29 is 52.8 Å². The molecule has 0 aliphatic carbocycles. The van der Waals surface area contributed by atoms with Gasteiger partial charge in [-0.15, -0.1) is 0 Å². The molecule has 0 bridgehead atoms. The van der Waals surface area contributed by atoms with E-state index in [1.807, 2.05) is 54.6 Å². The summed E-state index contributed by atoms with van der Waals surface area (Å²) >= 11 is 9.97. The normalized spacial score (nSPS) is 9.76. The predicted molar refractivity (Wildman–Crippen MR) is 254 cm³/mol. The van der Waals surface area contributed by atoms with Gasteiger partial charge in [0.25, 0.3) is 0 Å². The Morgan fingerprint density at radius 1 is 0.548 bits per heavy atom. The van der Waals surface area contributed by atoms with Crippen LogP contribution in [0, 0.1) is 11.6 Å². The van der Waals surface area contributed by atoms with Gasteiger partial charge in [-0.2, -0.15) is 0 Å². The SMILES string of the molecule is C=Cc1ccc(Br)cc1OC.COc1cc(-c2ccc(F)cc2)ccc1CCO.COc1cc(Br)ccc1C=O.COc1cc(Br)ccc1CCO.OB(O)c1ccc(F)cc1. The number of hydrogen-bond donors (Lipinski definition) is 4. The van der Waals surface area contributed by atoms with E-state index in [-0.39, 0.29) is 24.8 Å². The molecule has 62 heavy (non-hydrogen) atoms. The average Bonchev–Trinajstić information content (AvgIpc) is 3.28. The van der Waals surface area contributed by atoms with E-state index in [4.69, 9.17) is 39.2 Å². The van der Waals surface area contributed by atoms with E-state index in [2.05, 4.69) is 54.4 Å². The summed E-state index contributed by atoms with van der Waals surface area (Å²) in [7, 11) is 4.90. The third-order valence-corrected chi connectivity index (χ3v) is 9.86. The summed E-state index contributed by atoms with van der Waals surface area (Å²) in [6.45, 7) is 3.91. The highest BCUT2D eigenvalue weighted by atomic mass is 79.9. The number of benzene rings is 6. The number of methoxy groups -OCH3 is 4. The summed E-state index contributed by atoms with van der Waals surface area (Å²) < 4.78 is 48.5. The molecule has 6 aromatic carbocycles. The van der Waals surface area contributed by atoms with Gasteiger partial charge < -0.3 is 39.2 Å². The Hall–Kier alpha value is -4.87. The lowest BCUT2D eigenvalue weighted by Gasteiger charge is -2.10. The van der Waals surface area contributed by atoms with Gasteiger partial charge in [-0.1, -0.05) is 109 Å².